The van der Waals surface area contributed by atoms with Gasteiger partial charge in [-0.2, -0.15) is 0 Å². The second kappa shape index (κ2) is 9.41. The minimum Gasteiger partial charge on any atom is -0.355 e. The predicted octanol–water partition coefficient (Wildman–Crippen LogP) is 6.26. The summed E-state index contributed by atoms with van der Waals surface area (Å²) >= 11 is 0. The molecule has 0 atom stereocenters. The molecule has 3 aromatic heterocycles. The average molecular weight is 601 g/mol. The van der Waals surface area contributed by atoms with Gasteiger partial charge in [-0.3, -0.25) is 19.2 Å². The van der Waals surface area contributed by atoms with Gasteiger partial charge in [0.25, 0.3) is 23.6 Å². The highest BCUT2D eigenvalue weighted by atomic mass is 16.2. The van der Waals surface area contributed by atoms with Crippen LogP contribution in [0.3, 0.4) is 0 Å². The average Bonchev–Trinajstić information content (AvgIpc) is 3.91. The standard InChI is InChI=1S/C36H20N6O4/c43-33-25-5-1-2-6-26(25)34(44)41(33)31-29-17-23-13-11-21(38-23)15-19-9-10-20(37-19)16-22-12-14-24(39-22)18-30(40-29)32(31)42-35(45)27-7-3-4-8-28(27)36(42)46/h1-18,37,40H. The normalized spacial score (nSPS) is 14.9. The van der Waals surface area contributed by atoms with Crippen LogP contribution in [-0.2, 0) is 0 Å². The van der Waals surface area contributed by atoms with Gasteiger partial charge >= 0.3 is 0 Å². The van der Waals surface area contributed by atoms with Crippen molar-refractivity contribution in [1.29, 1.82) is 0 Å². The van der Waals surface area contributed by atoms with E-state index < -0.39 is 23.6 Å². The van der Waals surface area contributed by atoms with Crippen LogP contribution in [0.25, 0.3) is 46.4 Å². The zero-order valence-corrected chi connectivity index (χ0v) is 23.8. The third-order valence-corrected chi connectivity index (χ3v) is 8.33. The number of anilines is 2. The van der Waals surface area contributed by atoms with Crippen LogP contribution in [0, 0.1) is 0 Å². The summed E-state index contributed by atoms with van der Waals surface area (Å²) in [5, 5.41) is 0. The molecule has 0 radical (unpaired) electrons. The van der Waals surface area contributed by atoms with Crippen molar-refractivity contribution in [2.45, 2.75) is 0 Å². The van der Waals surface area contributed by atoms with Crippen molar-refractivity contribution in [3.05, 3.63) is 130 Å². The second-order valence-corrected chi connectivity index (χ2v) is 11.2. The molecular weight excluding hydrogens is 580 g/mol. The SMILES string of the molecule is O=C1c2ccccc2C(=O)N1c1c(N2C(=O)c3ccccc3C2=O)c2cc3nc(cc4ccc(cc5nc(cc1[nH]2)C=C5)[nH]4)C=C3. The first-order valence-electron chi connectivity index (χ1n) is 14.5. The Morgan fingerprint density at radius 2 is 0.783 bits per heavy atom. The molecule has 10 heteroatoms. The Morgan fingerprint density at radius 3 is 1.15 bits per heavy atom. The van der Waals surface area contributed by atoms with Gasteiger partial charge in [0.15, 0.2) is 0 Å². The number of carbonyl (C=O) groups excluding carboxylic acids is 4. The first kappa shape index (κ1) is 25.8. The highest BCUT2D eigenvalue weighted by Crippen LogP contribution is 2.45. The van der Waals surface area contributed by atoms with Crippen LogP contribution in [-0.4, -0.2) is 43.6 Å². The smallest absolute Gasteiger partial charge is 0.266 e. The van der Waals surface area contributed by atoms with Crippen LogP contribution in [0.2, 0.25) is 0 Å². The number of nitrogens with one attached hydrogen (secondary N) is 2. The van der Waals surface area contributed by atoms with Gasteiger partial charge in [0.05, 0.1) is 56.1 Å². The molecule has 5 aromatic rings. The Bertz CT molecular complexity index is 2250. The minimum absolute atomic E-state index is 0.0664. The quantitative estimate of drug-likeness (QED) is 0.225. The first-order valence-corrected chi connectivity index (χ1v) is 14.5. The predicted molar refractivity (Wildman–Crippen MR) is 174 cm³/mol. The van der Waals surface area contributed by atoms with Crippen LogP contribution in [0.1, 0.15) is 64.2 Å². The number of nitrogens with zero attached hydrogens (tertiary/aromatic N) is 4. The molecule has 0 fully saturated rings. The largest absolute Gasteiger partial charge is 0.355 e. The van der Waals surface area contributed by atoms with E-state index in [2.05, 4.69) is 9.97 Å². The van der Waals surface area contributed by atoms with Crippen molar-refractivity contribution in [2.75, 3.05) is 9.80 Å². The number of hydrogen-bond acceptors (Lipinski definition) is 6. The lowest BCUT2D eigenvalue weighted by Crippen LogP contribution is -2.34. The summed E-state index contributed by atoms with van der Waals surface area (Å²) in [4.78, 5) is 74.0. The van der Waals surface area contributed by atoms with E-state index in [-0.39, 0.29) is 33.6 Å². The van der Waals surface area contributed by atoms with E-state index in [9.17, 15) is 19.2 Å². The lowest BCUT2D eigenvalue weighted by atomic mass is 10.1. The molecule has 7 heterocycles. The summed E-state index contributed by atoms with van der Waals surface area (Å²) in [5.41, 5.74) is 5.78. The Labute approximate surface area is 260 Å². The van der Waals surface area contributed by atoms with Gasteiger partial charge in [-0.1, -0.05) is 24.3 Å². The molecule has 0 unspecified atom stereocenters. The van der Waals surface area contributed by atoms with Gasteiger partial charge in [0, 0.05) is 11.0 Å². The van der Waals surface area contributed by atoms with Crippen molar-refractivity contribution in [1.82, 2.24) is 19.9 Å². The Kier molecular flexibility index (Phi) is 5.27. The maximum Gasteiger partial charge on any atom is 0.266 e. The monoisotopic (exact) mass is 600 g/mol. The number of aromatic amines is 2. The molecule has 4 aliphatic heterocycles. The molecule has 46 heavy (non-hydrogen) atoms. The molecule has 0 saturated carbocycles. The van der Waals surface area contributed by atoms with E-state index in [1.165, 1.54) is 0 Å². The van der Waals surface area contributed by atoms with Gasteiger partial charge in [-0.15, -0.1) is 0 Å². The van der Waals surface area contributed by atoms with Gasteiger partial charge in [0.2, 0.25) is 0 Å². The third kappa shape index (κ3) is 3.77. The maximum absolute atomic E-state index is 14.0. The van der Waals surface area contributed by atoms with Crippen molar-refractivity contribution in [2.24, 2.45) is 0 Å². The molecule has 2 N–H and O–H groups in total. The van der Waals surface area contributed by atoms with E-state index in [4.69, 9.17) is 9.97 Å². The number of imide groups is 2. The molecule has 9 rings (SSSR count). The van der Waals surface area contributed by atoms with Crippen molar-refractivity contribution in [3.8, 4) is 0 Å². The summed E-state index contributed by atoms with van der Waals surface area (Å²) in [6.45, 7) is 0. The molecule has 4 aliphatic rings. The number of amides is 4. The van der Waals surface area contributed by atoms with Gasteiger partial charge in [0.1, 0.15) is 11.4 Å². The van der Waals surface area contributed by atoms with E-state index in [1.54, 1.807) is 60.7 Å². The molecular formula is C36H20N6O4. The molecule has 0 aliphatic carbocycles. The number of carbonyl (C=O) groups is 4. The van der Waals surface area contributed by atoms with Gasteiger partial charge < -0.3 is 9.97 Å². The third-order valence-electron chi connectivity index (χ3n) is 8.33. The summed E-state index contributed by atoms with van der Waals surface area (Å²) in [7, 11) is 0. The summed E-state index contributed by atoms with van der Waals surface area (Å²) in [6, 6.07) is 24.1. The summed E-state index contributed by atoms with van der Waals surface area (Å²) in [5.74, 6) is -2.28. The second-order valence-electron chi connectivity index (χ2n) is 11.2. The van der Waals surface area contributed by atoms with E-state index in [1.807, 2.05) is 48.6 Å². The Balaban J connectivity index is 1.41. The van der Waals surface area contributed by atoms with Crippen LogP contribution < -0.4 is 9.80 Å². The van der Waals surface area contributed by atoms with Crippen molar-refractivity contribution in [3.63, 3.8) is 0 Å². The van der Waals surface area contributed by atoms with E-state index >= 15 is 0 Å². The molecule has 4 amide bonds. The lowest BCUT2D eigenvalue weighted by Gasteiger charge is -2.20. The molecule has 0 spiro atoms. The summed E-state index contributed by atoms with van der Waals surface area (Å²) in [6.07, 6.45) is 7.31. The Morgan fingerprint density at radius 1 is 0.435 bits per heavy atom. The van der Waals surface area contributed by atoms with Crippen molar-refractivity contribution < 1.29 is 19.2 Å². The van der Waals surface area contributed by atoms with Crippen LogP contribution in [0.15, 0.2) is 84.9 Å². The van der Waals surface area contributed by atoms with Crippen LogP contribution in [0.5, 0.6) is 0 Å². The fourth-order valence-corrected chi connectivity index (χ4v) is 6.29. The zero-order chi connectivity index (χ0) is 31.1. The number of fused-ring (bicyclic) bond motifs is 10. The van der Waals surface area contributed by atoms with Crippen molar-refractivity contribution >= 4 is 81.4 Å². The highest BCUT2D eigenvalue weighted by molar-refractivity contribution is 6.41. The fourth-order valence-electron chi connectivity index (χ4n) is 6.29. The number of aromatic nitrogens is 4. The van der Waals surface area contributed by atoms with Gasteiger partial charge in [-0.05, 0) is 85.0 Å². The number of rotatable bonds is 2. The molecule has 218 valence electrons. The van der Waals surface area contributed by atoms with Crippen LogP contribution in [0.4, 0.5) is 11.4 Å². The van der Waals surface area contributed by atoms with E-state index in [0.29, 0.717) is 33.8 Å². The minimum atomic E-state index is -0.570. The maximum atomic E-state index is 14.0. The van der Waals surface area contributed by atoms with Gasteiger partial charge in [-0.25, -0.2) is 19.8 Å². The molecule has 10 nitrogen and oxygen atoms in total. The first-order chi connectivity index (χ1) is 22.4. The number of benzene rings is 2. The highest BCUT2D eigenvalue weighted by Gasteiger charge is 2.44. The number of hydrogen-bond donors (Lipinski definition) is 2. The zero-order valence-electron chi connectivity index (χ0n) is 23.8. The molecule has 0 saturated heterocycles. The topological polar surface area (TPSA) is 132 Å². The van der Waals surface area contributed by atoms with E-state index in [0.717, 1.165) is 20.8 Å². The molecule has 2 aromatic carbocycles. The summed E-state index contributed by atoms with van der Waals surface area (Å²) < 4.78 is 0. The Hall–Kier alpha value is -6.68. The lowest BCUT2D eigenvalue weighted by molar-refractivity contribution is 0.0904. The fraction of sp³-hybridized carbons (Fsp3) is 0. The molecule has 8 bridgehead atoms. The van der Waals surface area contributed by atoms with Crippen LogP contribution >= 0.6 is 0 Å². The number of H-pyrrole nitrogens is 2.